The average molecular weight is 180 g/mol. The molecule has 0 radical (unpaired) electrons. The first kappa shape index (κ1) is 9.16. The summed E-state index contributed by atoms with van der Waals surface area (Å²) in [5.41, 5.74) is 5.84. The van der Waals surface area contributed by atoms with Crippen LogP contribution in [0.1, 0.15) is 16.7 Å². The molecule has 1 rings (SSSR count). The Balaban J connectivity index is 3.08. The summed E-state index contributed by atoms with van der Waals surface area (Å²) in [4.78, 5) is 0.585. The van der Waals surface area contributed by atoms with Gasteiger partial charge in [-0.3, -0.25) is 0 Å². The average Bonchev–Trinajstić information content (AvgIpc) is 2.01. The Labute approximate surface area is 77.7 Å². The van der Waals surface area contributed by atoms with Crippen molar-refractivity contribution < 1.29 is 0 Å². The number of nitrogens with two attached hydrogens (primary N) is 1. The molecule has 0 saturated heterocycles. The van der Waals surface area contributed by atoms with Crippen LogP contribution in [0.4, 0.5) is 0 Å². The summed E-state index contributed by atoms with van der Waals surface area (Å²) < 4.78 is 0. The van der Waals surface area contributed by atoms with E-state index in [0.29, 0.717) is 4.99 Å². The van der Waals surface area contributed by atoms with Gasteiger partial charge in [0.2, 0.25) is 0 Å². The van der Waals surface area contributed by atoms with Crippen LogP contribution in [0.3, 0.4) is 0 Å². The maximum atomic E-state index is 5.21. The van der Waals surface area contributed by atoms with Crippen molar-refractivity contribution in [2.24, 2.45) is 5.84 Å². The predicted octanol–water partition coefficient (Wildman–Crippen LogP) is 1.44. The van der Waals surface area contributed by atoms with E-state index < -0.39 is 0 Å². The minimum atomic E-state index is 0.585. The van der Waals surface area contributed by atoms with Gasteiger partial charge in [0, 0.05) is 5.56 Å². The molecule has 0 spiro atoms. The van der Waals surface area contributed by atoms with Crippen molar-refractivity contribution >= 4 is 17.2 Å². The Bertz CT molecular complexity index is 287. The van der Waals surface area contributed by atoms with Gasteiger partial charge in [0.05, 0.1) is 0 Å². The highest BCUT2D eigenvalue weighted by atomic mass is 32.1. The molecule has 0 fully saturated rings. The van der Waals surface area contributed by atoms with Crippen molar-refractivity contribution in [1.82, 2.24) is 5.43 Å². The third kappa shape index (κ3) is 2.03. The molecular formula is C9H12N2S. The predicted molar refractivity (Wildman–Crippen MR) is 54.9 cm³/mol. The number of hydrogen-bond donors (Lipinski definition) is 2. The summed E-state index contributed by atoms with van der Waals surface area (Å²) in [6.07, 6.45) is 0. The van der Waals surface area contributed by atoms with Crippen LogP contribution in [0, 0.1) is 13.8 Å². The van der Waals surface area contributed by atoms with E-state index in [0.717, 1.165) is 5.56 Å². The van der Waals surface area contributed by atoms with E-state index in [4.69, 9.17) is 18.1 Å². The lowest BCUT2D eigenvalue weighted by Crippen LogP contribution is -2.29. The first-order valence-electron chi connectivity index (χ1n) is 3.72. The van der Waals surface area contributed by atoms with Gasteiger partial charge in [-0.1, -0.05) is 29.4 Å². The van der Waals surface area contributed by atoms with Crippen LogP contribution in [0.2, 0.25) is 0 Å². The molecular weight excluding hydrogens is 168 g/mol. The van der Waals surface area contributed by atoms with Crippen LogP contribution in [0.25, 0.3) is 0 Å². The van der Waals surface area contributed by atoms with Crippen LogP contribution in [-0.2, 0) is 0 Å². The van der Waals surface area contributed by atoms with Crippen molar-refractivity contribution in [3.63, 3.8) is 0 Å². The highest BCUT2D eigenvalue weighted by molar-refractivity contribution is 7.80. The lowest BCUT2D eigenvalue weighted by molar-refractivity contribution is 1.05. The van der Waals surface area contributed by atoms with Crippen LogP contribution in [-0.4, -0.2) is 4.99 Å². The zero-order valence-corrected chi connectivity index (χ0v) is 8.03. The molecule has 0 heterocycles. The third-order valence-electron chi connectivity index (χ3n) is 1.61. The molecule has 0 atom stereocenters. The lowest BCUT2D eigenvalue weighted by Gasteiger charge is -2.05. The number of aryl methyl sites for hydroxylation is 2. The fourth-order valence-electron chi connectivity index (χ4n) is 1.19. The van der Waals surface area contributed by atoms with Gasteiger partial charge in [-0.2, -0.15) is 0 Å². The zero-order valence-electron chi connectivity index (χ0n) is 7.22. The lowest BCUT2D eigenvalue weighted by atomic mass is 10.1. The molecule has 2 nitrogen and oxygen atoms in total. The fourth-order valence-corrected chi connectivity index (χ4v) is 1.31. The molecule has 0 aliphatic carbocycles. The number of hydrazine groups is 1. The van der Waals surface area contributed by atoms with E-state index in [9.17, 15) is 0 Å². The molecule has 3 N–H and O–H groups in total. The van der Waals surface area contributed by atoms with Gasteiger partial charge in [-0.25, -0.2) is 5.84 Å². The Hall–Kier alpha value is -0.930. The minimum Gasteiger partial charge on any atom is -0.314 e. The van der Waals surface area contributed by atoms with Crippen LogP contribution < -0.4 is 11.3 Å². The highest BCUT2D eigenvalue weighted by Crippen LogP contribution is 2.08. The first-order valence-corrected chi connectivity index (χ1v) is 4.13. The molecule has 0 amide bonds. The standard InChI is InChI=1S/C9H12N2S/c1-6-3-7(2)5-8(4-6)9(12)11-10/h3-5H,10H2,1-2H3,(H,11,12). The van der Waals surface area contributed by atoms with Crippen molar-refractivity contribution in [3.05, 3.63) is 34.9 Å². The van der Waals surface area contributed by atoms with Gasteiger partial charge in [0.25, 0.3) is 0 Å². The van der Waals surface area contributed by atoms with Crippen molar-refractivity contribution in [1.29, 1.82) is 0 Å². The van der Waals surface area contributed by atoms with Gasteiger partial charge in [0.1, 0.15) is 4.99 Å². The number of thiocarbonyl (C=S) groups is 1. The van der Waals surface area contributed by atoms with Crippen LogP contribution >= 0.6 is 12.2 Å². The monoisotopic (exact) mass is 180 g/mol. The maximum Gasteiger partial charge on any atom is 0.120 e. The summed E-state index contributed by atoms with van der Waals surface area (Å²) in [6, 6.07) is 6.12. The maximum absolute atomic E-state index is 5.21. The largest absolute Gasteiger partial charge is 0.314 e. The van der Waals surface area contributed by atoms with Crippen molar-refractivity contribution in [2.45, 2.75) is 13.8 Å². The van der Waals surface area contributed by atoms with Gasteiger partial charge < -0.3 is 5.43 Å². The van der Waals surface area contributed by atoms with Crippen molar-refractivity contribution in [3.8, 4) is 0 Å². The highest BCUT2D eigenvalue weighted by Gasteiger charge is 1.99. The van der Waals surface area contributed by atoms with E-state index in [1.54, 1.807) is 0 Å². The fraction of sp³-hybridized carbons (Fsp3) is 0.222. The Kier molecular flexibility index (Phi) is 2.78. The van der Waals surface area contributed by atoms with Gasteiger partial charge in [0.15, 0.2) is 0 Å². The van der Waals surface area contributed by atoms with E-state index in [-0.39, 0.29) is 0 Å². The topological polar surface area (TPSA) is 38.0 Å². The molecule has 0 unspecified atom stereocenters. The molecule has 0 aliphatic rings. The molecule has 12 heavy (non-hydrogen) atoms. The van der Waals surface area contributed by atoms with Crippen molar-refractivity contribution in [2.75, 3.05) is 0 Å². The normalized spacial score (nSPS) is 9.58. The second-order valence-corrected chi connectivity index (χ2v) is 3.26. The molecule has 0 saturated carbocycles. The van der Waals surface area contributed by atoms with Crippen LogP contribution in [0.5, 0.6) is 0 Å². The summed E-state index contributed by atoms with van der Waals surface area (Å²) in [5.74, 6) is 5.21. The van der Waals surface area contributed by atoms with E-state index in [1.165, 1.54) is 11.1 Å². The molecule has 0 bridgehead atoms. The molecule has 3 heteroatoms. The molecule has 0 aromatic heterocycles. The Morgan fingerprint density at radius 1 is 1.25 bits per heavy atom. The second-order valence-electron chi connectivity index (χ2n) is 2.85. The number of rotatable bonds is 1. The van der Waals surface area contributed by atoms with Gasteiger partial charge in [-0.05, 0) is 26.0 Å². The summed E-state index contributed by atoms with van der Waals surface area (Å²) in [6.45, 7) is 4.07. The summed E-state index contributed by atoms with van der Waals surface area (Å²) >= 11 is 5.00. The number of benzene rings is 1. The smallest absolute Gasteiger partial charge is 0.120 e. The number of nitrogens with one attached hydrogen (secondary N) is 1. The zero-order chi connectivity index (χ0) is 9.14. The van der Waals surface area contributed by atoms with E-state index >= 15 is 0 Å². The van der Waals surface area contributed by atoms with Crippen LogP contribution in [0.15, 0.2) is 18.2 Å². The third-order valence-corrected chi connectivity index (χ3v) is 1.97. The summed E-state index contributed by atoms with van der Waals surface area (Å²) in [5, 5.41) is 0. The Morgan fingerprint density at radius 2 is 1.75 bits per heavy atom. The Morgan fingerprint density at radius 3 is 2.17 bits per heavy atom. The quantitative estimate of drug-likeness (QED) is 0.390. The van der Waals surface area contributed by atoms with Gasteiger partial charge >= 0.3 is 0 Å². The molecule has 0 aliphatic heterocycles. The van der Waals surface area contributed by atoms with Gasteiger partial charge in [-0.15, -0.1) is 0 Å². The SMILES string of the molecule is Cc1cc(C)cc(C(=S)NN)c1. The minimum absolute atomic E-state index is 0.585. The molecule has 1 aromatic rings. The van der Waals surface area contributed by atoms with E-state index in [2.05, 4.69) is 11.5 Å². The first-order chi connectivity index (χ1) is 5.63. The van der Waals surface area contributed by atoms with E-state index in [1.807, 2.05) is 26.0 Å². The molecule has 64 valence electrons. The summed E-state index contributed by atoms with van der Waals surface area (Å²) in [7, 11) is 0. The second kappa shape index (κ2) is 3.65. The molecule has 1 aromatic carbocycles. The number of hydrogen-bond acceptors (Lipinski definition) is 2.